The van der Waals surface area contributed by atoms with Gasteiger partial charge < -0.3 is 10.1 Å². The lowest BCUT2D eigenvalue weighted by molar-refractivity contribution is -0.154. The maximum atomic E-state index is 11.5. The van der Waals surface area contributed by atoms with Crippen LogP contribution in [0.3, 0.4) is 0 Å². The number of aryl methyl sites for hydroxylation is 2. The van der Waals surface area contributed by atoms with Crippen LogP contribution < -0.4 is 5.32 Å². The van der Waals surface area contributed by atoms with Gasteiger partial charge in [-0.1, -0.05) is 6.07 Å². The van der Waals surface area contributed by atoms with E-state index >= 15 is 0 Å². The predicted molar refractivity (Wildman–Crippen MR) is 77.1 cm³/mol. The Kier molecular flexibility index (Phi) is 4.82. The van der Waals surface area contributed by atoms with Gasteiger partial charge in [0.25, 0.3) is 0 Å². The van der Waals surface area contributed by atoms with Gasteiger partial charge in [-0.3, -0.25) is 4.79 Å². The Labute approximate surface area is 127 Å². The smallest absolute Gasteiger partial charge is 0.396 e. The van der Waals surface area contributed by atoms with Crippen LogP contribution in [0.15, 0.2) is 18.2 Å². The maximum absolute atomic E-state index is 11.5. The zero-order valence-corrected chi connectivity index (χ0v) is 12.7. The summed E-state index contributed by atoms with van der Waals surface area (Å²) in [7, 11) is 0. The normalized spacial score (nSPS) is 10.3. The van der Waals surface area contributed by atoms with E-state index in [1.54, 1.807) is 6.92 Å². The fourth-order valence-corrected chi connectivity index (χ4v) is 1.80. The highest BCUT2D eigenvalue weighted by Crippen LogP contribution is 2.13. The van der Waals surface area contributed by atoms with Crippen LogP contribution in [0.2, 0.25) is 0 Å². The molecule has 1 amide bonds. The van der Waals surface area contributed by atoms with Crippen molar-refractivity contribution in [3.05, 3.63) is 35.2 Å². The molecular formula is C14H17N5O3. The first-order chi connectivity index (χ1) is 10.5. The number of benzene rings is 1. The number of esters is 1. The number of hydrogen-bond donors (Lipinski definition) is 1. The van der Waals surface area contributed by atoms with Gasteiger partial charge >= 0.3 is 11.9 Å². The number of carbonyl (C=O) groups excluding carboxylic acids is 2. The van der Waals surface area contributed by atoms with Crippen LogP contribution in [0.1, 0.15) is 23.9 Å². The van der Waals surface area contributed by atoms with Gasteiger partial charge in [0, 0.05) is 0 Å². The number of tetrazole rings is 1. The molecule has 0 unspecified atom stereocenters. The number of carbonyl (C=O) groups is 2. The third-order valence-electron chi connectivity index (χ3n) is 3.14. The third kappa shape index (κ3) is 3.46. The molecule has 0 fully saturated rings. The second-order valence-electron chi connectivity index (χ2n) is 4.68. The van der Waals surface area contributed by atoms with E-state index < -0.39 is 11.9 Å². The van der Waals surface area contributed by atoms with E-state index in [1.807, 2.05) is 32.0 Å². The molecule has 0 spiro atoms. The molecule has 1 N–H and O–H groups in total. The summed E-state index contributed by atoms with van der Waals surface area (Å²) in [5.41, 5.74) is 3.05. The second-order valence-corrected chi connectivity index (χ2v) is 4.68. The van der Waals surface area contributed by atoms with Crippen molar-refractivity contribution in [2.45, 2.75) is 27.3 Å². The van der Waals surface area contributed by atoms with E-state index in [0.29, 0.717) is 5.82 Å². The average Bonchev–Trinajstić information content (AvgIpc) is 2.96. The molecule has 8 nitrogen and oxygen atoms in total. The van der Waals surface area contributed by atoms with Gasteiger partial charge in [-0.2, -0.15) is 4.68 Å². The van der Waals surface area contributed by atoms with Gasteiger partial charge in [-0.15, -0.1) is 5.10 Å². The quantitative estimate of drug-likeness (QED) is 0.650. The number of hydrogen-bond acceptors (Lipinski definition) is 6. The van der Waals surface area contributed by atoms with Gasteiger partial charge in [-0.25, -0.2) is 4.79 Å². The standard InChI is InChI=1S/C14H17N5O3/c1-4-22-14(21)13(20)15-8-12-16-17-18-19(12)11-6-5-9(2)10(3)7-11/h5-7H,4,8H2,1-3H3,(H,15,20). The number of amides is 1. The summed E-state index contributed by atoms with van der Waals surface area (Å²) in [6.07, 6.45) is 0. The van der Waals surface area contributed by atoms with Crippen LogP contribution in [-0.4, -0.2) is 38.7 Å². The summed E-state index contributed by atoms with van der Waals surface area (Å²) < 4.78 is 6.12. The van der Waals surface area contributed by atoms with Crippen LogP contribution in [-0.2, 0) is 20.9 Å². The summed E-state index contributed by atoms with van der Waals surface area (Å²) in [5, 5.41) is 13.8. The molecule has 0 aliphatic rings. The van der Waals surface area contributed by atoms with Crippen LogP contribution in [0.25, 0.3) is 5.69 Å². The highest BCUT2D eigenvalue weighted by molar-refractivity contribution is 6.32. The number of ether oxygens (including phenoxy) is 1. The van der Waals surface area contributed by atoms with Crippen molar-refractivity contribution >= 4 is 11.9 Å². The van der Waals surface area contributed by atoms with Crippen molar-refractivity contribution in [2.24, 2.45) is 0 Å². The number of aromatic nitrogens is 4. The minimum Gasteiger partial charge on any atom is -0.459 e. The molecule has 2 aromatic rings. The molecule has 2 rings (SSSR count). The monoisotopic (exact) mass is 303 g/mol. The molecule has 0 saturated heterocycles. The highest BCUT2D eigenvalue weighted by Gasteiger charge is 2.16. The lowest BCUT2D eigenvalue weighted by Gasteiger charge is -2.08. The van der Waals surface area contributed by atoms with Crippen molar-refractivity contribution < 1.29 is 14.3 Å². The molecule has 22 heavy (non-hydrogen) atoms. The molecule has 0 radical (unpaired) electrons. The Morgan fingerprint density at radius 1 is 1.27 bits per heavy atom. The third-order valence-corrected chi connectivity index (χ3v) is 3.14. The summed E-state index contributed by atoms with van der Waals surface area (Å²) in [6, 6.07) is 5.80. The van der Waals surface area contributed by atoms with Crippen molar-refractivity contribution in [2.75, 3.05) is 6.61 Å². The van der Waals surface area contributed by atoms with Gasteiger partial charge in [0.1, 0.15) is 0 Å². The average molecular weight is 303 g/mol. The Morgan fingerprint density at radius 3 is 2.73 bits per heavy atom. The van der Waals surface area contributed by atoms with Crippen molar-refractivity contribution in [3.8, 4) is 5.69 Å². The topological polar surface area (TPSA) is 99.0 Å². The summed E-state index contributed by atoms with van der Waals surface area (Å²) >= 11 is 0. The number of nitrogens with zero attached hydrogens (tertiary/aromatic N) is 4. The van der Waals surface area contributed by atoms with Gasteiger partial charge in [0.05, 0.1) is 18.8 Å². The number of nitrogens with one attached hydrogen (secondary N) is 1. The molecule has 0 aliphatic carbocycles. The predicted octanol–water partition coefficient (Wildman–Crippen LogP) is 0.458. The Hall–Kier alpha value is -2.77. The second kappa shape index (κ2) is 6.79. The fourth-order valence-electron chi connectivity index (χ4n) is 1.80. The van der Waals surface area contributed by atoms with Crippen LogP contribution in [0.4, 0.5) is 0 Å². The first-order valence-corrected chi connectivity index (χ1v) is 6.82. The molecule has 116 valence electrons. The Bertz CT molecular complexity index is 696. The van der Waals surface area contributed by atoms with Crippen molar-refractivity contribution in [1.29, 1.82) is 0 Å². The molecule has 1 heterocycles. The molecule has 0 bridgehead atoms. The lowest BCUT2D eigenvalue weighted by atomic mass is 10.1. The fraction of sp³-hybridized carbons (Fsp3) is 0.357. The van der Waals surface area contributed by atoms with Gasteiger partial charge in [0.15, 0.2) is 5.82 Å². The molecule has 1 aromatic heterocycles. The zero-order chi connectivity index (χ0) is 16.1. The molecule has 1 aromatic carbocycles. The molecule has 8 heteroatoms. The zero-order valence-electron chi connectivity index (χ0n) is 12.7. The Morgan fingerprint density at radius 2 is 2.05 bits per heavy atom. The van der Waals surface area contributed by atoms with E-state index in [0.717, 1.165) is 16.8 Å². The van der Waals surface area contributed by atoms with E-state index in [1.165, 1.54) is 4.68 Å². The van der Waals surface area contributed by atoms with Crippen molar-refractivity contribution in [3.63, 3.8) is 0 Å². The van der Waals surface area contributed by atoms with Crippen molar-refractivity contribution in [1.82, 2.24) is 25.5 Å². The minimum absolute atomic E-state index is 0.0254. The van der Waals surface area contributed by atoms with Crippen LogP contribution in [0.5, 0.6) is 0 Å². The van der Waals surface area contributed by atoms with E-state index in [-0.39, 0.29) is 13.2 Å². The molecule has 0 atom stereocenters. The minimum atomic E-state index is -0.923. The molecule has 0 saturated carbocycles. The lowest BCUT2D eigenvalue weighted by Crippen LogP contribution is -2.32. The Balaban J connectivity index is 2.11. The molecular weight excluding hydrogens is 286 g/mol. The van der Waals surface area contributed by atoms with Crippen LogP contribution in [0, 0.1) is 13.8 Å². The largest absolute Gasteiger partial charge is 0.459 e. The van der Waals surface area contributed by atoms with Crippen LogP contribution >= 0.6 is 0 Å². The summed E-state index contributed by atoms with van der Waals surface area (Å²) in [5.74, 6) is -1.33. The summed E-state index contributed by atoms with van der Waals surface area (Å²) in [4.78, 5) is 22.8. The SMILES string of the molecule is CCOC(=O)C(=O)NCc1nnnn1-c1ccc(C)c(C)c1. The van der Waals surface area contributed by atoms with E-state index in [9.17, 15) is 9.59 Å². The maximum Gasteiger partial charge on any atom is 0.396 e. The first kappa shape index (κ1) is 15.6. The van der Waals surface area contributed by atoms with Gasteiger partial charge in [-0.05, 0) is 54.5 Å². The van der Waals surface area contributed by atoms with E-state index in [4.69, 9.17) is 0 Å². The molecule has 0 aliphatic heterocycles. The van der Waals surface area contributed by atoms with E-state index in [2.05, 4.69) is 25.6 Å². The first-order valence-electron chi connectivity index (χ1n) is 6.82. The summed E-state index contributed by atoms with van der Waals surface area (Å²) in [6.45, 7) is 5.81. The highest BCUT2D eigenvalue weighted by atomic mass is 16.5. The van der Waals surface area contributed by atoms with Gasteiger partial charge in [0.2, 0.25) is 0 Å². The number of rotatable bonds is 4.